The van der Waals surface area contributed by atoms with Crippen LogP contribution in [0, 0.1) is 11.3 Å². The minimum atomic E-state index is -5.89. The van der Waals surface area contributed by atoms with Crippen molar-refractivity contribution in [3.05, 3.63) is 24.5 Å². The summed E-state index contributed by atoms with van der Waals surface area (Å²) in [6.45, 7) is 14.1. The molecular weight excluding hydrogens is 541 g/mol. The summed E-state index contributed by atoms with van der Waals surface area (Å²) in [4.78, 5) is 11.8. The predicted octanol–water partition coefficient (Wildman–Crippen LogP) is 4.60. The Bertz CT molecular complexity index is 1030. The number of carbonyl (C=O) groups excluding carboxylic acids is 1. The Kier molecular flexibility index (Phi) is 11.7. The van der Waals surface area contributed by atoms with E-state index in [0.29, 0.717) is 25.7 Å². The fourth-order valence-electron chi connectivity index (χ4n) is 3.52. The Morgan fingerprint density at radius 2 is 1.76 bits per heavy atom. The maximum Gasteiger partial charge on any atom is 0.534 e. The Balaban J connectivity index is 2.66. The molecule has 1 aliphatic rings. The highest BCUT2D eigenvalue weighted by Crippen LogP contribution is 2.33. The summed E-state index contributed by atoms with van der Waals surface area (Å²) in [5.41, 5.74) is -5.41. The van der Waals surface area contributed by atoms with Crippen molar-refractivity contribution in [1.82, 2.24) is 0 Å². The minimum absolute atomic E-state index is 0.135. The van der Waals surface area contributed by atoms with Crippen molar-refractivity contribution in [2.75, 3.05) is 12.9 Å². The van der Waals surface area contributed by atoms with Crippen LogP contribution >= 0.6 is 0 Å². The summed E-state index contributed by atoms with van der Waals surface area (Å²) >= 11 is 0. The predicted molar refractivity (Wildman–Crippen MR) is 130 cm³/mol. The summed E-state index contributed by atoms with van der Waals surface area (Å²) in [7, 11) is -9.82. The molecular formula is C23H37F3O9S2. The number of hydrogen-bond donors (Lipinski definition) is 0. The minimum Gasteiger partial charge on any atom is -0.465 e. The average molecular weight is 579 g/mol. The lowest BCUT2D eigenvalue weighted by Gasteiger charge is -2.23. The first-order valence-corrected chi connectivity index (χ1v) is 14.9. The maximum absolute atomic E-state index is 12.6. The zero-order valence-corrected chi connectivity index (χ0v) is 23.4. The number of carbonyl (C=O) groups is 1. The van der Waals surface area contributed by atoms with Gasteiger partial charge in [0, 0.05) is 5.92 Å². The van der Waals surface area contributed by atoms with E-state index in [1.54, 1.807) is 20.8 Å². The first-order valence-electron chi connectivity index (χ1n) is 11.7. The zero-order chi connectivity index (χ0) is 28.8. The van der Waals surface area contributed by atoms with Gasteiger partial charge in [0.05, 0.1) is 36.6 Å². The molecule has 0 amide bonds. The molecule has 1 fully saturated rings. The molecule has 1 unspecified atom stereocenters. The molecule has 0 N–H and O–H groups in total. The van der Waals surface area contributed by atoms with E-state index in [1.165, 1.54) is 6.92 Å². The second kappa shape index (κ2) is 12.9. The molecule has 1 saturated heterocycles. The number of ether oxygens (including phenoxy) is 2. The van der Waals surface area contributed by atoms with Gasteiger partial charge in [0.25, 0.3) is 10.1 Å². The van der Waals surface area contributed by atoms with Crippen molar-refractivity contribution in [3.8, 4) is 0 Å². The van der Waals surface area contributed by atoms with Crippen molar-refractivity contribution < 1.29 is 52.6 Å². The molecule has 0 aliphatic carbocycles. The van der Waals surface area contributed by atoms with Crippen LogP contribution in [0.15, 0.2) is 24.5 Å². The van der Waals surface area contributed by atoms with Crippen molar-refractivity contribution in [2.45, 2.75) is 90.0 Å². The lowest BCUT2D eigenvalue weighted by molar-refractivity contribution is -0.153. The zero-order valence-electron chi connectivity index (χ0n) is 21.8. The van der Waals surface area contributed by atoms with Gasteiger partial charge in [-0.05, 0) is 64.9 Å². The van der Waals surface area contributed by atoms with Crippen LogP contribution in [0.25, 0.3) is 0 Å². The van der Waals surface area contributed by atoms with E-state index in [9.17, 15) is 34.8 Å². The van der Waals surface area contributed by atoms with Gasteiger partial charge in [-0.2, -0.15) is 30.0 Å². The topological polar surface area (TPSA) is 122 Å². The van der Waals surface area contributed by atoms with Gasteiger partial charge >= 0.3 is 21.6 Å². The molecule has 1 aliphatic heterocycles. The van der Waals surface area contributed by atoms with E-state index in [1.807, 2.05) is 0 Å². The fourth-order valence-corrected chi connectivity index (χ4v) is 4.73. The number of halogens is 3. The highest BCUT2D eigenvalue weighted by atomic mass is 32.2. The lowest BCUT2D eigenvalue weighted by Crippen LogP contribution is -2.28. The smallest absolute Gasteiger partial charge is 0.465 e. The highest BCUT2D eigenvalue weighted by molar-refractivity contribution is 7.87. The lowest BCUT2D eigenvalue weighted by atomic mass is 9.96. The Morgan fingerprint density at radius 3 is 2.27 bits per heavy atom. The van der Waals surface area contributed by atoms with Gasteiger partial charge in [0.1, 0.15) is 5.76 Å². The number of rotatable bonds is 14. The summed E-state index contributed by atoms with van der Waals surface area (Å²) in [6, 6.07) is 0. The second-order valence-corrected chi connectivity index (χ2v) is 13.4. The first-order chi connectivity index (χ1) is 16.6. The van der Waals surface area contributed by atoms with Gasteiger partial charge in [-0.3, -0.25) is 8.98 Å². The van der Waals surface area contributed by atoms with E-state index in [-0.39, 0.29) is 31.5 Å². The standard InChI is InChI=1S/C23H37F3O9S2/c1-15(17(3)34-37(30,31)23(24,25)26)13-19(35-36(7,28)29)10-11-20-16(2)14-18(33-20)9-8-12-32-21(27)22(4,5)6/h15,18-20H,2-3,8-14H2,1,4-7H3/t15-,18+,19?,20+/m1/s1. The van der Waals surface area contributed by atoms with Crippen molar-refractivity contribution in [2.24, 2.45) is 11.3 Å². The first kappa shape index (κ1) is 33.4. The SMILES string of the molecule is C=C(OS(=O)(=O)C(F)(F)F)[C@H](C)CC(CC[C@@H]1O[C@@H](CCCOC(=O)C(C)(C)C)CC1=C)OS(C)(=O)=O. The van der Waals surface area contributed by atoms with Gasteiger partial charge in [-0.15, -0.1) is 0 Å². The van der Waals surface area contributed by atoms with Crippen molar-refractivity contribution in [1.29, 1.82) is 0 Å². The van der Waals surface area contributed by atoms with Crippen LogP contribution in [0.2, 0.25) is 0 Å². The van der Waals surface area contributed by atoms with Gasteiger partial charge < -0.3 is 13.7 Å². The third kappa shape index (κ3) is 11.7. The highest BCUT2D eigenvalue weighted by Gasteiger charge is 2.49. The van der Waals surface area contributed by atoms with Crippen LogP contribution in [-0.2, 0) is 42.9 Å². The van der Waals surface area contributed by atoms with Crippen LogP contribution < -0.4 is 0 Å². The molecule has 216 valence electrons. The Hall–Kier alpha value is -1.64. The van der Waals surface area contributed by atoms with E-state index in [2.05, 4.69) is 17.3 Å². The Morgan fingerprint density at radius 1 is 1.16 bits per heavy atom. The number of alkyl halides is 3. The normalized spacial score (nSPS) is 20.9. The molecule has 0 aromatic rings. The summed E-state index contributed by atoms with van der Waals surface area (Å²) in [6.07, 6.45) is 1.36. The molecule has 0 aromatic carbocycles. The molecule has 0 spiro atoms. The average Bonchev–Trinajstić information content (AvgIpc) is 3.05. The molecule has 1 heterocycles. The largest absolute Gasteiger partial charge is 0.534 e. The van der Waals surface area contributed by atoms with E-state index in [0.717, 1.165) is 11.8 Å². The summed E-state index contributed by atoms with van der Waals surface area (Å²) < 4.78 is 104. The van der Waals surface area contributed by atoms with Crippen LogP contribution in [0.1, 0.15) is 66.2 Å². The van der Waals surface area contributed by atoms with Crippen LogP contribution in [0.3, 0.4) is 0 Å². The van der Waals surface area contributed by atoms with Crippen molar-refractivity contribution >= 4 is 26.2 Å². The summed E-state index contributed by atoms with van der Waals surface area (Å²) in [5, 5.41) is 0. The summed E-state index contributed by atoms with van der Waals surface area (Å²) in [5.74, 6) is -1.95. The molecule has 14 heteroatoms. The third-order valence-electron chi connectivity index (χ3n) is 5.55. The quantitative estimate of drug-likeness (QED) is 0.0727. The van der Waals surface area contributed by atoms with Crippen LogP contribution in [-0.4, -0.2) is 59.5 Å². The molecule has 0 bridgehead atoms. The Labute approximate surface area is 217 Å². The molecule has 0 aromatic heterocycles. The molecule has 9 nitrogen and oxygen atoms in total. The van der Waals surface area contributed by atoms with Crippen LogP contribution in [0.5, 0.6) is 0 Å². The number of allylic oxidation sites excluding steroid dienone is 1. The molecule has 0 saturated carbocycles. The fraction of sp³-hybridized carbons (Fsp3) is 0.783. The van der Waals surface area contributed by atoms with Crippen LogP contribution in [0.4, 0.5) is 13.2 Å². The second-order valence-electron chi connectivity index (χ2n) is 10.2. The molecule has 4 atom stereocenters. The van der Waals surface area contributed by atoms with Gasteiger partial charge in [0.15, 0.2) is 0 Å². The van der Waals surface area contributed by atoms with E-state index < -0.39 is 55.0 Å². The van der Waals surface area contributed by atoms with Gasteiger partial charge in [-0.1, -0.05) is 20.1 Å². The number of hydrogen-bond acceptors (Lipinski definition) is 9. The van der Waals surface area contributed by atoms with E-state index in [4.69, 9.17) is 13.7 Å². The molecule has 0 radical (unpaired) electrons. The monoisotopic (exact) mass is 578 g/mol. The maximum atomic E-state index is 12.6. The molecule has 1 rings (SSSR count). The van der Waals surface area contributed by atoms with Gasteiger partial charge in [0.2, 0.25) is 0 Å². The van der Waals surface area contributed by atoms with Crippen molar-refractivity contribution in [3.63, 3.8) is 0 Å². The van der Waals surface area contributed by atoms with Gasteiger partial charge in [-0.25, -0.2) is 0 Å². The third-order valence-corrected chi connectivity index (χ3v) is 7.17. The van der Waals surface area contributed by atoms with E-state index >= 15 is 0 Å². The molecule has 37 heavy (non-hydrogen) atoms. The number of esters is 1.